The molecule has 1 saturated carbocycles. The molecule has 2 nitrogen and oxygen atoms in total. The predicted molar refractivity (Wildman–Crippen MR) is 63.7 cm³/mol. The molecule has 0 amide bonds. The van der Waals surface area contributed by atoms with E-state index in [0.29, 0.717) is 18.2 Å². The van der Waals surface area contributed by atoms with Gasteiger partial charge in [0, 0.05) is 29.9 Å². The van der Waals surface area contributed by atoms with Crippen LogP contribution < -0.4 is 0 Å². The van der Waals surface area contributed by atoms with E-state index in [9.17, 15) is 4.79 Å². The van der Waals surface area contributed by atoms with Crippen molar-refractivity contribution >= 4 is 5.78 Å². The van der Waals surface area contributed by atoms with Crippen molar-refractivity contribution in [2.75, 3.05) is 0 Å². The fourth-order valence-corrected chi connectivity index (χ4v) is 2.97. The Morgan fingerprint density at radius 3 is 2.69 bits per heavy atom. The molecule has 2 aliphatic carbocycles. The minimum Gasteiger partial charge on any atom is -0.347 e. The van der Waals surface area contributed by atoms with Crippen LogP contribution in [-0.2, 0) is 6.42 Å². The van der Waals surface area contributed by atoms with Gasteiger partial charge in [0.05, 0.1) is 0 Å². The molecule has 1 heterocycles. The summed E-state index contributed by atoms with van der Waals surface area (Å²) in [5.41, 5.74) is 2.41. The Morgan fingerprint density at radius 2 is 2.06 bits per heavy atom. The molecule has 0 bridgehead atoms. The van der Waals surface area contributed by atoms with E-state index in [2.05, 4.69) is 31.5 Å². The van der Waals surface area contributed by atoms with Crippen molar-refractivity contribution in [3.8, 4) is 0 Å². The Kier molecular flexibility index (Phi) is 1.90. The third-order valence-electron chi connectivity index (χ3n) is 4.03. The minimum absolute atomic E-state index is 0.137. The van der Waals surface area contributed by atoms with Crippen LogP contribution in [0, 0.1) is 11.3 Å². The van der Waals surface area contributed by atoms with Crippen molar-refractivity contribution in [2.45, 2.75) is 46.1 Å². The van der Waals surface area contributed by atoms with Crippen molar-refractivity contribution in [1.82, 2.24) is 4.57 Å². The van der Waals surface area contributed by atoms with E-state index >= 15 is 0 Å². The molecular formula is C14H19NO. The largest absolute Gasteiger partial charge is 0.347 e. The van der Waals surface area contributed by atoms with Gasteiger partial charge in [-0.05, 0) is 30.2 Å². The number of hydrogen-bond acceptors (Lipinski definition) is 1. The van der Waals surface area contributed by atoms with E-state index in [0.717, 1.165) is 17.9 Å². The maximum atomic E-state index is 12.0. The lowest BCUT2D eigenvalue weighted by molar-refractivity contribution is 0.0910. The molecule has 0 spiro atoms. The Morgan fingerprint density at radius 1 is 1.38 bits per heavy atom. The van der Waals surface area contributed by atoms with E-state index in [1.165, 1.54) is 12.1 Å². The predicted octanol–water partition coefficient (Wildman–Crippen LogP) is 3.22. The van der Waals surface area contributed by atoms with Gasteiger partial charge < -0.3 is 4.57 Å². The van der Waals surface area contributed by atoms with Crippen LogP contribution in [0.4, 0.5) is 0 Å². The molecule has 16 heavy (non-hydrogen) atoms. The first-order valence-corrected chi connectivity index (χ1v) is 6.21. The molecule has 0 aliphatic heterocycles. The van der Waals surface area contributed by atoms with Crippen LogP contribution in [0.2, 0.25) is 0 Å². The highest BCUT2D eigenvalue weighted by atomic mass is 16.1. The quantitative estimate of drug-likeness (QED) is 0.708. The molecule has 0 N–H and O–H groups in total. The lowest BCUT2D eigenvalue weighted by atomic mass is 9.76. The van der Waals surface area contributed by atoms with Crippen LogP contribution >= 0.6 is 0 Å². The summed E-state index contributed by atoms with van der Waals surface area (Å²) >= 11 is 0. The summed E-state index contributed by atoms with van der Waals surface area (Å²) in [5, 5.41) is 0. The fraction of sp³-hybridized carbons (Fsp3) is 0.643. The second-order valence-corrected chi connectivity index (χ2v) is 6.30. The van der Waals surface area contributed by atoms with Gasteiger partial charge in [0.15, 0.2) is 5.78 Å². The first kappa shape index (κ1) is 10.1. The standard InChI is InChI=1S/C14H19NO/c1-9-6-11(9)15-5-4-10-12(15)7-14(2,3)8-13(10)16/h4-5,9,11H,6-8H2,1-3H3. The number of fused-ring (bicyclic) bond motifs is 1. The maximum Gasteiger partial charge on any atom is 0.165 e. The summed E-state index contributed by atoms with van der Waals surface area (Å²) in [6, 6.07) is 2.68. The van der Waals surface area contributed by atoms with Crippen LogP contribution in [0.3, 0.4) is 0 Å². The second kappa shape index (κ2) is 2.99. The molecule has 2 unspecified atom stereocenters. The summed E-state index contributed by atoms with van der Waals surface area (Å²) in [4.78, 5) is 12.0. The van der Waals surface area contributed by atoms with E-state index in [1.807, 2.05) is 6.07 Å². The Labute approximate surface area is 96.6 Å². The molecule has 2 atom stereocenters. The SMILES string of the molecule is CC1CC1n1ccc2c1CC(C)(C)CC2=O. The van der Waals surface area contributed by atoms with Gasteiger partial charge in [-0.15, -0.1) is 0 Å². The van der Waals surface area contributed by atoms with Crippen LogP contribution in [0.1, 0.15) is 55.7 Å². The number of Topliss-reactive ketones (excluding diaryl/α,β-unsaturated/α-hetero) is 1. The molecular weight excluding hydrogens is 198 g/mol. The van der Waals surface area contributed by atoms with Gasteiger partial charge in [0.1, 0.15) is 0 Å². The smallest absolute Gasteiger partial charge is 0.165 e. The number of nitrogens with zero attached hydrogens (tertiary/aromatic N) is 1. The van der Waals surface area contributed by atoms with Crippen molar-refractivity contribution < 1.29 is 4.79 Å². The zero-order chi connectivity index (χ0) is 11.5. The average Bonchev–Trinajstić information content (AvgIpc) is 2.73. The molecule has 0 radical (unpaired) electrons. The normalized spacial score (nSPS) is 31.3. The number of ketones is 1. The van der Waals surface area contributed by atoms with Gasteiger partial charge in [0.25, 0.3) is 0 Å². The van der Waals surface area contributed by atoms with Crippen LogP contribution in [-0.4, -0.2) is 10.4 Å². The maximum absolute atomic E-state index is 12.0. The van der Waals surface area contributed by atoms with Crippen LogP contribution in [0.25, 0.3) is 0 Å². The van der Waals surface area contributed by atoms with Gasteiger partial charge in [-0.3, -0.25) is 4.79 Å². The van der Waals surface area contributed by atoms with Gasteiger partial charge in [-0.1, -0.05) is 20.8 Å². The van der Waals surface area contributed by atoms with Crippen molar-refractivity contribution in [2.24, 2.45) is 11.3 Å². The third kappa shape index (κ3) is 1.43. The minimum atomic E-state index is 0.137. The highest BCUT2D eigenvalue weighted by Crippen LogP contribution is 2.46. The highest BCUT2D eigenvalue weighted by molar-refractivity contribution is 5.98. The van der Waals surface area contributed by atoms with Crippen molar-refractivity contribution in [3.05, 3.63) is 23.5 Å². The lowest BCUT2D eigenvalue weighted by Gasteiger charge is -2.29. The number of carbonyl (C=O) groups is 1. The zero-order valence-corrected chi connectivity index (χ0v) is 10.3. The molecule has 1 aromatic heterocycles. The summed E-state index contributed by atoms with van der Waals surface area (Å²) in [7, 11) is 0. The number of rotatable bonds is 1. The molecule has 2 heteroatoms. The Bertz CT molecular complexity index is 455. The van der Waals surface area contributed by atoms with E-state index in [4.69, 9.17) is 0 Å². The summed E-state index contributed by atoms with van der Waals surface area (Å²) in [6.45, 7) is 6.68. The van der Waals surface area contributed by atoms with Crippen LogP contribution in [0.5, 0.6) is 0 Å². The average molecular weight is 217 g/mol. The molecule has 0 saturated heterocycles. The fourth-order valence-electron chi connectivity index (χ4n) is 2.97. The molecule has 2 aliphatic rings. The van der Waals surface area contributed by atoms with Crippen LogP contribution in [0.15, 0.2) is 12.3 Å². The number of aromatic nitrogens is 1. The Hall–Kier alpha value is -1.05. The summed E-state index contributed by atoms with van der Waals surface area (Å²) < 4.78 is 2.36. The second-order valence-electron chi connectivity index (χ2n) is 6.30. The monoisotopic (exact) mass is 217 g/mol. The first-order valence-electron chi connectivity index (χ1n) is 6.21. The summed E-state index contributed by atoms with van der Waals surface area (Å²) in [5.74, 6) is 1.12. The summed E-state index contributed by atoms with van der Waals surface area (Å²) in [6.07, 6.45) is 5.14. The lowest BCUT2D eigenvalue weighted by Crippen LogP contribution is -2.27. The van der Waals surface area contributed by atoms with E-state index < -0.39 is 0 Å². The van der Waals surface area contributed by atoms with E-state index in [-0.39, 0.29) is 5.41 Å². The molecule has 86 valence electrons. The number of carbonyl (C=O) groups excluding carboxylic acids is 1. The molecule has 0 aromatic carbocycles. The third-order valence-corrected chi connectivity index (χ3v) is 4.03. The zero-order valence-electron chi connectivity index (χ0n) is 10.3. The van der Waals surface area contributed by atoms with Gasteiger partial charge in [0.2, 0.25) is 0 Å². The Balaban J connectivity index is 2.03. The number of hydrogen-bond donors (Lipinski definition) is 0. The molecule has 3 rings (SSSR count). The van der Waals surface area contributed by atoms with Gasteiger partial charge >= 0.3 is 0 Å². The highest BCUT2D eigenvalue weighted by Gasteiger charge is 2.39. The van der Waals surface area contributed by atoms with E-state index in [1.54, 1.807) is 0 Å². The first-order chi connectivity index (χ1) is 7.48. The van der Waals surface area contributed by atoms with Gasteiger partial charge in [-0.2, -0.15) is 0 Å². The van der Waals surface area contributed by atoms with Crippen molar-refractivity contribution in [1.29, 1.82) is 0 Å². The molecule has 1 fully saturated rings. The van der Waals surface area contributed by atoms with Gasteiger partial charge in [-0.25, -0.2) is 0 Å². The molecule has 1 aromatic rings. The topological polar surface area (TPSA) is 22.0 Å². The van der Waals surface area contributed by atoms with Crippen molar-refractivity contribution in [3.63, 3.8) is 0 Å².